The van der Waals surface area contributed by atoms with E-state index in [2.05, 4.69) is 19.2 Å². The van der Waals surface area contributed by atoms with E-state index in [0.29, 0.717) is 6.04 Å². The SMILES string of the molecule is COCCCC1NCCOC1(C)C. The molecule has 1 aliphatic heterocycles. The van der Waals surface area contributed by atoms with E-state index in [1.54, 1.807) is 7.11 Å². The molecule has 3 heteroatoms. The first kappa shape index (κ1) is 11.0. The van der Waals surface area contributed by atoms with Crippen LogP contribution in [0.3, 0.4) is 0 Å². The van der Waals surface area contributed by atoms with Crippen molar-refractivity contribution in [2.45, 2.75) is 38.3 Å². The van der Waals surface area contributed by atoms with Gasteiger partial charge in [-0.3, -0.25) is 0 Å². The number of morpholine rings is 1. The number of ether oxygens (including phenoxy) is 2. The van der Waals surface area contributed by atoms with Gasteiger partial charge in [0.25, 0.3) is 0 Å². The van der Waals surface area contributed by atoms with Crippen molar-refractivity contribution in [2.75, 3.05) is 26.9 Å². The summed E-state index contributed by atoms with van der Waals surface area (Å²) in [5.41, 5.74) is -0.0218. The fourth-order valence-corrected chi connectivity index (χ4v) is 1.78. The standard InChI is InChI=1S/C10H21NO2/c1-10(2)9(5-4-7-12-3)11-6-8-13-10/h9,11H,4-8H2,1-3H3. The second-order valence-electron chi connectivity index (χ2n) is 4.09. The largest absolute Gasteiger partial charge is 0.385 e. The van der Waals surface area contributed by atoms with E-state index in [9.17, 15) is 0 Å². The fraction of sp³-hybridized carbons (Fsp3) is 1.00. The molecule has 1 unspecified atom stereocenters. The van der Waals surface area contributed by atoms with Crippen LogP contribution in [0.15, 0.2) is 0 Å². The third-order valence-corrected chi connectivity index (χ3v) is 2.65. The van der Waals surface area contributed by atoms with Crippen molar-refractivity contribution >= 4 is 0 Å². The Morgan fingerprint density at radius 1 is 1.54 bits per heavy atom. The van der Waals surface area contributed by atoms with E-state index in [-0.39, 0.29) is 5.60 Å². The van der Waals surface area contributed by atoms with Crippen LogP contribution in [0.1, 0.15) is 26.7 Å². The quantitative estimate of drug-likeness (QED) is 0.670. The molecular weight excluding hydrogens is 166 g/mol. The lowest BCUT2D eigenvalue weighted by molar-refractivity contribution is -0.0739. The van der Waals surface area contributed by atoms with Gasteiger partial charge in [0.2, 0.25) is 0 Å². The lowest BCUT2D eigenvalue weighted by atomic mass is 9.93. The van der Waals surface area contributed by atoms with Gasteiger partial charge in [0, 0.05) is 26.3 Å². The van der Waals surface area contributed by atoms with Gasteiger partial charge in [-0.15, -0.1) is 0 Å². The van der Waals surface area contributed by atoms with Crippen LogP contribution in [0.5, 0.6) is 0 Å². The molecule has 78 valence electrons. The average molecular weight is 187 g/mol. The number of rotatable bonds is 4. The van der Waals surface area contributed by atoms with Gasteiger partial charge in [0.1, 0.15) is 0 Å². The molecule has 13 heavy (non-hydrogen) atoms. The molecule has 0 amide bonds. The van der Waals surface area contributed by atoms with Crippen molar-refractivity contribution < 1.29 is 9.47 Å². The molecule has 1 heterocycles. The minimum atomic E-state index is -0.0218. The first-order valence-electron chi connectivity index (χ1n) is 5.03. The van der Waals surface area contributed by atoms with Crippen LogP contribution in [0, 0.1) is 0 Å². The van der Waals surface area contributed by atoms with Crippen molar-refractivity contribution in [1.82, 2.24) is 5.32 Å². The molecule has 0 aromatic heterocycles. The zero-order chi connectivity index (χ0) is 9.73. The third kappa shape index (κ3) is 3.25. The highest BCUT2D eigenvalue weighted by Gasteiger charge is 2.32. The molecule has 1 saturated heterocycles. The van der Waals surface area contributed by atoms with Crippen LogP contribution in [0.25, 0.3) is 0 Å². The van der Waals surface area contributed by atoms with Crippen LogP contribution in [0.2, 0.25) is 0 Å². The van der Waals surface area contributed by atoms with Gasteiger partial charge in [-0.1, -0.05) is 0 Å². The Bertz CT molecular complexity index is 148. The number of nitrogens with one attached hydrogen (secondary N) is 1. The predicted octanol–water partition coefficient (Wildman–Crippen LogP) is 1.18. The fourth-order valence-electron chi connectivity index (χ4n) is 1.78. The summed E-state index contributed by atoms with van der Waals surface area (Å²) in [6.07, 6.45) is 2.22. The predicted molar refractivity (Wildman–Crippen MR) is 52.9 cm³/mol. The van der Waals surface area contributed by atoms with Crippen molar-refractivity contribution in [1.29, 1.82) is 0 Å². The molecule has 3 nitrogen and oxygen atoms in total. The van der Waals surface area contributed by atoms with Gasteiger partial charge in [-0.2, -0.15) is 0 Å². The van der Waals surface area contributed by atoms with E-state index in [4.69, 9.17) is 9.47 Å². The van der Waals surface area contributed by atoms with Crippen LogP contribution in [-0.4, -0.2) is 38.5 Å². The average Bonchev–Trinajstić information content (AvgIpc) is 2.08. The van der Waals surface area contributed by atoms with Crippen LogP contribution in [-0.2, 0) is 9.47 Å². The smallest absolute Gasteiger partial charge is 0.0779 e. The molecule has 0 aliphatic carbocycles. The molecule has 1 aliphatic rings. The maximum Gasteiger partial charge on any atom is 0.0779 e. The minimum Gasteiger partial charge on any atom is -0.385 e. The Morgan fingerprint density at radius 2 is 2.31 bits per heavy atom. The maximum absolute atomic E-state index is 5.71. The monoisotopic (exact) mass is 187 g/mol. The summed E-state index contributed by atoms with van der Waals surface area (Å²) in [5, 5.41) is 3.49. The maximum atomic E-state index is 5.71. The molecule has 0 saturated carbocycles. The summed E-state index contributed by atoms with van der Waals surface area (Å²) in [5.74, 6) is 0. The third-order valence-electron chi connectivity index (χ3n) is 2.65. The Kier molecular flexibility index (Phi) is 4.16. The van der Waals surface area contributed by atoms with Gasteiger partial charge in [0.05, 0.1) is 12.2 Å². The second-order valence-corrected chi connectivity index (χ2v) is 4.09. The van der Waals surface area contributed by atoms with Crippen LogP contribution < -0.4 is 5.32 Å². The second kappa shape index (κ2) is 4.94. The Morgan fingerprint density at radius 3 is 2.92 bits per heavy atom. The molecule has 1 fully saturated rings. The first-order valence-corrected chi connectivity index (χ1v) is 5.03. The Labute approximate surface area is 80.8 Å². The first-order chi connectivity index (χ1) is 6.17. The summed E-state index contributed by atoms with van der Waals surface area (Å²) in [6.45, 7) is 6.94. The zero-order valence-electron chi connectivity index (χ0n) is 8.93. The summed E-state index contributed by atoms with van der Waals surface area (Å²) < 4.78 is 10.7. The molecule has 0 radical (unpaired) electrons. The Hall–Kier alpha value is -0.120. The normalized spacial score (nSPS) is 27.5. The molecule has 0 aromatic carbocycles. The summed E-state index contributed by atoms with van der Waals surface area (Å²) in [6, 6.07) is 0.469. The number of methoxy groups -OCH3 is 1. The topological polar surface area (TPSA) is 30.5 Å². The Balaban J connectivity index is 2.29. The highest BCUT2D eigenvalue weighted by Crippen LogP contribution is 2.21. The van der Waals surface area contributed by atoms with Gasteiger partial charge in [-0.05, 0) is 26.7 Å². The van der Waals surface area contributed by atoms with E-state index >= 15 is 0 Å². The molecule has 0 aromatic rings. The number of hydrogen-bond donors (Lipinski definition) is 1. The molecule has 0 spiro atoms. The minimum absolute atomic E-state index is 0.0218. The molecule has 1 atom stereocenters. The number of hydrogen-bond acceptors (Lipinski definition) is 3. The van der Waals surface area contributed by atoms with E-state index in [1.165, 1.54) is 0 Å². The lowest BCUT2D eigenvalue weighted by Crippen LogP contribution is -2.54. The van der Waals surface area contributed by atoms with Crippen molar-refractivity contribution in [3.63, 3.8) is 0 Å². The van der Waals surface area contributed by atoms with E-state index in [0.717, 1.165) is 32.6 Å². The molecule has 0 bridgehead atoms. The summed E-state index contributed by atoms with van der Waals surface area (Å²) >= 11 is 0. The molecule has 1 N–H and O–H groups in total. The lowest BCUT2D eigenvalue weighted by Gasteiger charge is -2.39. The van der Waals surface area contributed by atoms with Crippen molar-refractivity contribution in [2.24, 2.45) is 0 Å². The highest BCUT2D eigenvalue weighted by atomic mass is 16.5. The van der Waals surface area contributed by atoms with Gasteiger partial charge < -0.3 is 14.8 Å². The zero-order valence-corrected chi connectivity index (χ0v) is 8.93. The van der Waals surface area contributed by atoms with Gasteiger partial charge in [-0.25, -0.2) is 0 Å². The molecule has 1 rings (SSSR count). The van der Waals surface area contributed by atoms with Crippen LogP contribution >= 0.6 is 0 Å². The molecular formula is C10H21NO2. The highest BCUT2D eigenvalue weighted by molar-refractivity contribution is 4.88. The van der Waals surface area contributed by atoms with E-state index < -0.39 is 0 Å². The van der Waals surface area contributed by atoms with Gasteiger partial charge >= 0.3 is 0 Å². The van der Waals surface area contributed by atoms with Crippen LogP contribution in [0.4, 0.5) is 0 Å². The van der Waals surface area contributed by atoms with Crippen molar-refractivity contribution in [3.05, 3.63) is 0 Å². The van der Waals surface area contributed by atoms with Gasteiger partial charge in [0.15, 0.2) is 0 Å². The summed E-state index contributed by atoms with van der Waals surface area (Å²) in [4.78, 5) is 0. The summed E-state index contributed by atoms with van der Waals surface area (Å²) in [7, 11) is 1.75. The van der Waals surface area contributed by atoms with Crippen molar-refractivity contribution in [3.8, 4) is 0 Å². The van der Waals surface area contributed by atoms with E-state index in [1.807, 2.05) is 0 Å².